The van der Waals surface area contributed by atoms with E-state index in [4.69, 9.17) is 4.74 Å². The van der Waals surface area contributed by atoms with E-state index in [1.807, 2.05) is 13.8 Å². The number of ether oxygens (including phenoxy) is 1. The van der Waals surface area contributed by atoms with Gasteiger partial charge in [0.2, 0.25) is 5.88 Å². The lowest BCUT2D eigenvalue weighted by Gasteiger charge is -2.23. The van der Waals surface area contributed by atoms with Crippen molar-refractivity contribution in [3.05, 3.63) is 75.7 Å². The number of halogens is 6. The molecule has 194 valence electrons. The molecule has 0 spiro atoms. The topological polar surface area (TPSA) is 71.1 Å². The highest BCUT2D eigenvalue weighted by atomic mass is 19.4. The van der Waals surface area contributed by atoms with Crippen molar-refractivity contribution in [2.75, 3.05) is 13.2 Å². The fourth-order valence-corrected chi connectivity index (χ4v) is 3.19. The first-order valence-corrected chi connectivity index (χ1v) is 10.9. The van der Waals surface area contributed by atoms with Gasteiger partial charge in [0, 0.05) is 23.9 Å². The molecule has 6 nitrogen and oxygen atoms in total. The Labute approximate surface area is 203 Å². The summed E-state index contributed by atoms with van der Waals surface area (Å²) in [5.41, 5.74) is -1.14. The zero-order valence-corrected chi connectivity index (χ0v) is 19.4. The Morgan fingerprint density at radius 3 is 2.36 bits per heavy atom. The Morgan fingerprint density at radius 1 is 1.03 bits per heavy atom. The van der Waals surface area contributed by atoms with Gasteiger partial charge in [-0.05, 0) is 18.2 Å². The van der Waals surface area contributed by atoms with Gasteiger partial charge >= 0.3 is 12.4 Å². The molecule has 0 unspecified atom stereocenters. The molecule has 1 aromatic carbocycles. The Balaban J connectivity index is 1.85. The molecule has 0 saturated heterocycles. The number of benzene rings is 1. The van der Waals surface area contributed by atoms with Crippen LogP contribution in [0.25, 0.3) is 22.3 Å². The normalized spacial score (nSPS) is 12.2. The van der Waals surface area contributed by atoms with Crippen LogP contribution < -0.4 is 10.3 Å². The molecular weight excluding hydrogens is 490 g/mol. The lowest BCUT2D eigenvalue weighted by molar-refractivity contribution is -0.140. The first kappa shape index (κ1) is 27.2. The molecule has 12 heteroatoms. The van der Waals surface area contributed by atoms with Crippen LogP contribution in [0.1, 0.15) is 31.4 Å². The van der Waals surface area contributed by atoms with Gasteiger partial charge in [-0.25, -0.2) is 9.97 Å². The maximum atomic E-state index is 13.6. The summed E-state index contributed by atoms with van der Waals surface area (Å²) < 4.78 is 83.4. The second kappa shape index (κ2) is 11.1. The van der Waals surface area contributed by atoms with Gasteiger partial charge in [0.15, 0.2) is 0 Å². The average Bonchev–Trinajstić information content (AvgIpc) is 2.77. The van der Waals surface area contributed by atoms with Crippen LogP contribution in [-0.2, 0) is 12.7 Å². The number of aromatic nitrogens is 3. The summed E-state index contributed by atoms with van der Waals surface area (Å²) in [6.45, 7) is 4.09. The van der Waals surface area contributed by atoms with Crippen LogP contribution in [-0.4, -0.2) is 33.9 Å². The summed E-state index contributed by atoms with van der Waals surface area (Å²) in [5.74, 6) is 0.249. The lowest BCUT2D eigenvalue weighted by Crippen LogP contribution is -2.22. The van der Waals surface area contributed by atoms with Crippen molar-refractivity contribution < 1.29 is 31.1 Å². The third-order valence-electron chi connectivity index (χ3n) is 4.89. The molecule has 0 aliphatic rings. The van der Waals surface area contributed by atoms with Crippen molar-refractivity contribution in [2.45, 2.75) is 39.2 Å². The Bertz CT molecular complexity index is 1220. The number of rotatable bonds is 9. The summed E-state index contributed by atoms with van der Waals surface area (Å²) in [5, 5.41) is 4.32. The average molecular weight is 513 g/mol. The van der Waals surface area contributed by atoms with Gasteiger partial charge in [0.1, 0.15) is 6.33 Å². The lowest BCUT2D eigenvalue weighted by atomic mass is 10.1. The van der Waals surface area contributed by atoms with E-state index in [-0.39, 0.29) is 23.8 Å². The van der Waals surface area contributed by atoms with Crippen molar-refractivity contribution >= 4 is 0 Å². The van der Waals surface area contributed by atoms with E-state index in [2.05, 4.69) is 15.3 Å². The van der Waals surface area contributed by atoms with Crippen LogP contribution in [0.3, 0.4) is 0 Å². The minimum atomic E-state index is -4.70. The summed E-state index contributed by atoms with van der Waals surface area (Å²) in [4.78, 5) is 20.8. The highest BCUT2D eigenvalue weighted by molar-refractivity contribution is 5.58. The van der Waals surface area contributed by atoms with Gasteiger partial charge in [0.05, 0.1) is 30.0 Å². The van der Waals surface area contributed by atoms with Crippen LogP contribution >= 0.6 is 0 Å². The number of alkyl halides is 6. The second-order valence-corrected chi connectivity index (χ2v) is 8.39. The van der Waals surface area contributed by atoms with Gasteiger partial charge in [-0.1, -0.05) is 31.4 Å². The molecule has 2 aromatic heterocycles. The Morgan fingerprint density at radius 2 is 1.78 bits per heavy atom. The molecule has 0 amide bonds. The van der Waals surface area contributed by atoms with Crippen LogP contribution in [0.15, 0.2) is 53.7 Å². The third-order valence-corrected chi connectivity index (χ3v) is 4.89. The van der Waals surface area contributed by atoms with Crippen LogP contribution in [0, 0.1) is 5.92 Å². The molecular formula is C24H23F6N4O2-. The number of nitrogens with zero attached hydrogens (tertiary/aromatic N) is 4. The van der Waals surface area contributed by atoms with Crippen molar-refractivity contribution in [3.8, 4) is 22.8 Å². The van der Waals surface area contributed by atoms with E-state index in [1.165, 1.54) is 30.5 Å². The van der Waals surface area contributed by atoms with E-state index in [9.17, 15) is 31.1 Å². The first-order chi connectivity index (χ1) is 16.8. The van der Waals surface area contributed by atoms with Gasteiger partial charge in [-0.2, -0.15) is 26.3 Å². The molecule has 2 heterocycles. The van der Waals surface area contributed by atoms with Gasteiger partial charge < -0.3 is 10.1 Å². The quantitative estimate of drug-likeness (QED) is 0.321. The molecule has 3 aromatic rings. The summed E-state index contributed by atoms with van der Waals surface area (Å²) >= 11 is 0. The molecule has 0 radical (unpaired) electrons. The summed E-state index contributed by atoms with van der Waals surface area (Å²) in [7, 11) is 0. The van der Waals surface area contributed by atoms with Crippen LogP contribution in [0.4, 0.5) is 26.3 Å². The van der Waals surface area contributed by atoms with E-state index in [0.29, 0.717) is 23.6 Å². The SMILES string of the molecule is CC(C)C[N-]Cc1ccc(C(F)(F)F)c(-n2cnc(-c3ccc(OCCC(F)(F)F)nc3)cc2=O)c1. The molecule has 0 atom stereocenters. The van der Waals surface area contributed by atoms with Crippen LogP contribution in [0.2, 0.25) is 0 Å². The van der Waals surface area contributed by atoms with Crippen molar-refractivity contribution in [1.82, 2.24) is 14.5 Å². The molecule has 0 N–H and O–H groups in total. The molecule has 0 aliphatic carbocycles. The van der Waals surface area contributed by atoms with Gasteiger partial charge in [-0.3, -0.25) is 9.36 Å². The molecule has 0 bridgehead atoms. The highest BCUT2D eigenvalue weighted by Crippen LogP contribution is 2.34. The Kier molecular flexibility index (Phi) is 8.39. The zero-order valence-electron chi connectivity index (χ0n) is 19.4. The summed E-state index contributed by atoms with van der Waals surface area (Å²) in [6, 6.07) is 7.30. The standard InChI is InChI=1S/C24H23F6N4O2/c1-15(2)11-31-12-16-3-5-18(24(28,29)30)20(9-16)34-14-33-19(10-22(34)35)17-4-6-21(32-13-17)36-8-7-23(25,26)27/h3-6,9-10,13-15H,7-8,11-12H2,1-2H3/q-1. The third kappa shape index (κ3) is 7.54. The monoisotopic (exact) mass is 513 g/mol. The largest absolute Gasteiger partial charge is 0.658 e. The zero-order chi connectivity index (χ0) is 26.5. The Hall–Kier alpha value is -3.41. The highest BCUT2D eigenvalue weighted by Gasteiger charge is 2.34. The van der Waals surface area contributed by atoms with Crippen molar-refractivity contribution in [2.24, 2.45) is 5.92 Å². The maximum Gasteiger partial charge on any atom is 0.418 e. The fourth-order valence-electron chi connectivity index (χ4n) is 3.19. The predicted molar refractivity (Wildman–Crippen MR) is 121 cm³/mol. The van der Waals surface area contributed by atoms with E-state index < -0.39 is 36.5 Å². The van der Waals surface area contributed by atoms with Crippen molar-refractivity contribution in [3.63, 3.8) is 0 Å². The maximum absolute atomic E-state index is 13.6. The van der Waals surface area contributed by atoms with E-state index >= 15 is 0 Å². The van der Waals surface area contributed by atoms with Gasteiger partial charge in [-0.15, -0.1) is 13.1 Å². The molecule has 0 fully saturated rings. The predicted octanol–water partition coefficient (Wildman–Crippen LogP) is 6.17. The summed E-state index contributed by atoms with van der Waals surface area (Å²) in [6.07, 6.45) is -7.96. The van der Waals surface area contributed by atoms with E-state index in [1.54, 1.807) is 0 Å². The van der Waals surface area contributed by atoms with Crippen molar-refractivity contribution in [1.29, 1.82) is 0 Å². The smallest absolute Gasteiger partial charge is 0.418 e. The molecule has 3 rings (SSSR count). The number of pyridine rings is 1. The van der Waals surface area contributed by atoms with Gasteiger partial charge in [0.25, 0.3) is 5.56 Å². The number of hydrogen-bond donors (Lipinski definition) is 0. The second-order valence-electron chi connectivity index (χ2n) is 8.39. The minimum absolute atomic E-state index is 0.0501. The molecule has 36 heavy (non-hydrogen) atoms. The first-order valence-electron chi connectivity index (χ1n) is 10.9. The fraction of sp³-hybridized carbons (Fsp3) is 0.375. The molecule has 0 aliphatic heterocycles. The van der Waals surface area contributed by atoms with Crippen LogP contribution in [0.5, 0.6) is 5.88 Å². The number of hydrogen-bond acceptors (Lipinski definition) is 4. The van der Waals surface area contributed by atoms with E-state index in [0.717, 1.165) is 23.0 Å². The minimum Gasteiger partial charge on any atom is -0.658 e. The molecule has 0 saturated carbocycles.